The molecule has 0 N–H and O–H groups in total. The fraction of sp³-hybridized carbons (Fsp3) is 0.235. The van der Waals surface area contributed by atoms with Crippen LogP contribution in [-0.2, 0) is 6.54 Å². The molecular weight excluding hydrogens is 272 g/mol. The van der Waals surface area contributed by atoms with Gasteiger partial charge in [0.15, 0.2) is 0 Å². The van der Waals surface area contributed by atoms with Crippen molar-refractivity contribution < 1.29 is 13.6 Å². The number of benzene rings is 2. The summed E-state index contributed by atoms with van der Waals surface area (Å²) in [5.41, 5.74) is 0.930. The Balaban J connectivity index is 1.83. The molecule has 0 saturated heterocycles. The lowest BCUT2D eigenvalue weighted by Gasteiger charge is -2.23. The third kappa shape index (κ3) is 3.10. The molecule has 3 rings (SSSR count). The minimum absolute atomic E-state index is 0.0894. The number of hydrogen-bond acceptors (Lipinski definition) is 1. The lowest BCUT2D eigenvalue weighted by Crippen LogP contribution is -2.33. The Morgan fingerprint density at radius 2 is 1.71 bits per heavy atom. The molecule has 0 radical (unpaired) electrons. The number of carbonyl (C=O) groups excluding carboxylic acids is 1. The summed E-state index contributed by atoms with van der Waals surface area (Å²) >= 11 is 0. The van der Waals surface area contributed by atoms with Crippen LogP contribution in [0.15, 0.2) is 48.5 Å². The quantitative estimate of drug-likeness (QED) is 0.838. The van der Waals surface area contributed by atoms with Gasteiger partial charge in [-0.25, -0.2) is 8.78 Å². The van der Waals surface area contributed by atoms with E-state index in [2.05, 4.69) is 0 Å². The van der Waals surface area contributed by atoms with Crippen molar-refractivity contribution in [3.8, 4) is 0 Å². The average Bonchev–Trinajstić information content (AvgIpc) is 3.31. The van der Waals surface area contributed by atoms with E-state index in [1.54, 1.807) is 29.2 Å². The van der Waals surface area contributed by atoms with Gasteiger partial charge in [-0.1, -0.05) is 24.3 Å². The summed E-state index contributed by atoms with van der Waals surface area (Å²) in [6.45, 7) is 0.373. The van der Waals surface area contributed by atoms with E-state index in [0.717, 1.165) is 18.4 Å². The van der Waals surface area contributed by atoms with E-state index in [4.69, 9.17) is 0 Å². The van der Waals surface area contributed by atoms with Crippen LogP contribution in [0.1, 0.15) is 28.8 Å². The molecule has 0 bridgehead atoms. The zero-order valence-corrected chi connectivity index (χ0v) is 11.4. The number of halogens is 2. The first-order chi connectivity index (χ1) is 10.1. The fourth-order valence-corrected chi connectivity index (χ4v) is 2.33. The monoisotopic (exact) mass is 287 g/mol. The van der Waals surface area contributed by atoms with Gasteiger partial charge in [-0.2, -0.15) is 0 Å². The molecule has 21 heavy (non-hydrogen) atoms. The summed E-state index contributed by atoms with van der Waals surface area (Å²) in [7, 11) is 0. The highest BCUT2D eigenvalue weighted by molar-refractivity contribution is 5.94. The predicted octanol–water partition coefficient (Wildman–Crippen LogP) is 3.77. The topological polar surface area (TPSA) is 20.3 Å². The lowest BCUT2D eigenvalue weighted by atomic mass is 10.1. The Labute approximate surface area is 122 Å². The molecule has 2 nitrogen and oxygen atoms in total. The number of hydrogen-bond donors (Lipinski definition) is 0. The van der Waals surface area contributed by atoms with Crippen molar-refractivity contribution in [1.82, 2.24) is 4.90 Å². The fourth-order valence-electron chi connectivity index (χ4n) is 2.33. The third-order valence-corrected chi connectivity index (χ3v) is 3.62. The molecule has 1 aliphatic rings. The molecule has 1 aliphatic carbocycles. The molecule has 2 aromatic carbocycles. The Morgan fingerprint density at radius 3 is 2.33 bits per heavy atom. The molecule has 0 spiro atoms. The number of nitrogens with zero attached hydrogens (tertiary/aromatic N) is 1. The number of carbonyl (C=O) groups is 1. The predicted molar refractivity (Wildman–Crippen MR) is 75.7 cm³/mol. The third-order valence-electron chi connectivity index (χ3n) is 3.62. The van der Waals surface area contributed by atoms with Crippen LogP contribution in [0.25, 0.3) is 0 Å². The summed E-state index contributed by atoms with van der Waals surface area (Å²) in [5.74, 6) is -1.12. The van der Waals surface area contributed by atoms with Crippen LogP contribution in [0.5, 0.6) is 0 Å². The van der Waals surface area contributed by atoms with E-state index in [-0.39, 0.29) is 23.3 Å². The molecule has 0 unspecified atom stereocenters. The zero-order chi connectivity index (χ0) is 14.8. The molecule has 4 heteroatoms. The van der Waals surface area contributed by atoms with E-state index >= 15 is 0 Å². The van der Waals surface area contributed by atoms with E-state index in [0.29, 0.717) is 6.54 Å². The standard InChI is InChI=1S/C17H15F2NO/c18-13-7-5-12(6-8-13)11-20(14-9-10-14)17(21)15-3-1-2-4-16(15)19/h1-8,14H,9-11H2. The summed E-state index contributed by atoms with van der Waals surface area (Å²) in [4.78, 5) is 14.2. The van der Waals surface area contributed by atoms with Crippen LogP contribution in [0.2, 0.25) is 0 Å². The first kappa shape index (κ1) is 13.7. The maximum Gasteiger partial charge on any atom is 0.257 e. The normalized spacial score (nSPS) is 14.0. The van der Waals surface area contributed by atoms with Gasteiger partial charge in [-0.15, -0.1) is 0 Å². The molecule has 2 aromatic rings. The van der Waals surface area contributed by atoms with Crippen molar-refractivity contribution in [1.29, 1.82) is 0 Å². The van der Waals surface area contributed by atoms with Gasteiger partial charge >= 0.3 is 0 Å². The molecule has 1 amide bonds. The number of amides is 1. The summed E-state index contributed by atoms with van der Waals surface area (Å²) in [6.07, 6.45) is 1.86. The SMILES string of the molecule is O=C(c1ccccc1F)N(Cc1ccc(F)cc1)C1CC1. The lowest BCUT2D eigenvalue weighted by molar-refractivity contribution is 0.0725. The van der Waals surface area contributed by atoms with Crippen molar-refractivity contribution >= 4 is 5.91 Å². The van der Waals surface area contributed by atoms with E-state index in [9.17, 15) is 13.6 Å². The minimum Gasteiger partial charge on any atom is -0.331 e. The van der Waals surface area contributed by atoms with Crippen molar-refractivity contribution in [2.24, 2.45) is 0 Å². The summed E-state index contributed by atoms with van der Waals surface area (Å²) in [5, 5.41) is 0. The highest BCUT2D eigenvalue weighted by atomic mass is 19.1. The summed E-state index contributed by atoms with van der Waals surface area (Å²) in [6, 6.07) is 12.2. The minimum atomic E-state index is -0.507. The Kier molecular flexibility index (Phi) is 3.69. The largest absolute Gasteiger partial charge is 0.331 e. The molecule has 0 aromatic heterocycles. The zero-order valence-electron chi connectivity index (χ0n) is 11.4. The van der Waals surface area contributed by atoms with Gasteiger partial charge in [0.2, 0.25) is 0 Å². The second-order valence-corrected chi connectivity index (χ2v) is 5.27. The van der Waals surface area contributed by atoms with Gasteiger partial charge in [-0.05, 0) is 42.7 Å². The van der Waals surface area contributed by atoms with Crippen LogP contribution in [0.4, 0.5) is 8.78 Å². The second-order valence-electron chi connectivity index (χ2n) is 5.27. The van der Waals surface area contributed by atoms with Gasteiger partial charge in [0.1, 0.15) is 11.6 Å². The molecule has 0 atom stereocenters. The maximum atomic E-state index is 13.8. The van der Waals surface area contributed by atoms with Crippen molar-refractivity contribution in [3.05, 3.63) is 71.3 Å². The van der Waals surface area contributed by atoms with Gasteiger partial charge in [-0.3, -0.25) is 4.79 Å². The van der Waals surface area contributed by atoms with Crippen LogP contribution in [0, 0.1) is 11.6 Å². The Morgan fingerprint density at radius 1 is 1.05 bits per heavy atom. The van der Waals surface area contributed by atoms with Crippen LogP contribution in [-0.4, -0.2) is 16.8 Å². The highest BCUT2D eigenvalue weighted by Gasteiger charge is 2.33. The van der Waals surface area contributed by atoms with Crippen molar-refractivity contribution in [2.45, 2.75) is 25.4 Å². The highest BCUT2D eigenvalue weighted by Crippen LogP contribution is 2.30. The second kappa shape index (κ2) is 5.64. The van der Waals surface area contributed by atoms with Crippen LogP contribution < -0.4 is 0 Å². The molecule has 108 valence electrons. The van der Waals surface area contributed by atoms with Crippen LogP contribution in [0.3, 0.4) is 0 Å². The van der Waals surface area contributed by atoms with Crippen molar-refractivity contribution in [3.63, 3.8) is 0 Å². The van der Waals surface area contributed by atoms with E-state index < -0.39 is 5.82 Å². The molecular formula is C17H15F2NO. The Hall–Kier alpha value is -2.23. The maximum absolute atomic E-state index is 13.8. The van der Waals surface area contributed by atoms with Gasteiger partial charge in [0, 0.05) is 12.6 Å². The molecule has 0 aliphatic heterocycles. The van der Waals surface area contributed by atoms with Gasteiger partial charge in [0.25, 0.3) is 5.91 Å². The first-order valence-corrected chi connectivity index (χ1v) is 6.95. The molecule has 1 saturated carbocycles. The average molecular weight is 287 g/mol. The Bertz CT molecular complexity index is 650. The van der Waals surface area contributed by atoms with Crippen molar-refractivity contribution in [2.75, 3.05) is 0 Å². The van der Waals surface area contributed by atoms with E-state index in [1.807, 2.05) is 0 Å². The smallest absolute Gasteiger partial charge is 0.257 e. The molecule has 0 heterocycles. The van der Waals surface area contributed by atoms with Gasteiger partial charge in [0.05, 0.1) is 5.56 Å². The van der Waals surface area contributed by atoms with E-state index in [1.165, 1.54) is 24.3 Å². The van der Waals surface area contributed by atoms with Crippen LogP contribution >= 0.6 is 0 Å². The molecule has 1 fully saturated rings. The van der Waals surface area contributed by atoms with Gasteiger partial charge < -0.3 is 4.90 Å². The summed E-state index contributed by atoms with van der Waals surface area (Å²) < 4.78 is 26.7. The number of rotatable bonds is 4. The first-order valence-electron chi connectivity index (χ1n) is 6.95.